The Bertz CT molecular complexity index is 570. The molecule has 0 unspecified atom stereocenters. The lowest BCUT2D eigenvalue weighted by molar-refractivity contribution is 0.0974. The lowest BCUT2D eigenvalue weighted by atomic mass is 10.1. The van der Waals surface area contributed by atoms with Crippen molar-refractivity contribution in [2.75, 3.05) is 7.11 Å². The maximum atomic E-state index is 12.1. The van der Waals surface area contributed by atoms with Crippen molar-refractivity contribution in [1.82, 2.24) is 9.78 Å². The van der Waals surface area contributed by atoms with Gasteiger partial charge in [-0.3, -0.25) is 9.48 Å². The molecule has 0 spiro atoms. The maximum absolute atomic E-state index is 12.1. The van der Waals surface area contributed by atoms with Gasteiger partial charge in [0, 0.05) is 13.5 Å². The van der Waals surface area contributed by atoms with Gasteiger partial charge in [-0.05, 0) is 37.1 Å². The summed E-state index contributed by atoms with van der Waals surface area (Å²) in [5.41, 5.74) is 2.68. The van der Waals surface area contributed by atoms with Crippen molar-refractivity contribution in [3.63, 3.8) is 0 Å². The van der Waals surface area contributed by atoms with Gasteiger partial charge in [0.15, 0.2) is 5.78 Å². The van der Waals surface area contributed by atoms with E-state index in [4.69, 9.17) is 4.74 Å². The number of ether oxygens (including phenoxy) is 1. The van der Waals surface area contributed by atoms with E-state index in [0.717, 1.165) is 23.4 Å². The molecule has 0 saturated carbocycles. The summed E-state index contributed by atoms with van der Waals surface area (Å²) in [6.07, 6.45) is 1.22. The van der Waals surface area contributed by atoms with Crippen LogP contribution < -0.4 is 4.74 Å². The van der Waals surface area contributed by atoms with Crippen LogP contribution in [0, 0.1) is 6.92 Å². The first kappa shape index (κ1) is 13.3. The molecule has 0 amide bonds. The molecule has 1 aromatic carbocycles. The molecule has 100 valence electrons. The number of rotatable bonds is 5. The molecule has 4 nitrogen and oxygen atoms in total. The zero-order valence-corrected chi connectivity index (χ0v) is 11.5. The van der Waals surface area contributed by atoms with Gasteiger partial charge in [-0.1, -0.05) is 12.1 Å². The summed E-state index contributed by atoms with van der Waals surface area (Å²) in [5.74, 6) is 0.955. The number of Topliss-reactive ketones (excluding diaryl/α,β-unsaturated/α-hetero) is 1. The van der Waals surface area contributed by atoms with E-state index < -0.39 is 0 Å². The Morgan fingerprint density at radius 2 is 2.00 bits per heavy atom. The minimum absolute atomic E-state index is 0.124. The number of hydrogen-bond acceptors (Lipinski definition) is 3. The minimum atomic E-state index is 0.124. The standard InChI is InChI=1S/C15H18N2O2/c1-11-10-14(17(2)16-11)15(18)9-6-12-4-7-13(19-3)8-5-12/h4-5,7-8,10H,6,9H2,1-3H3. The number of carbonyl (C=O) groups excluding carboxylic acids is 1. The van der Waals surface area contributed by atoms with Crippen molar-refractivity contribution < 1.29 is 9.53 Å². The van der Waals surface area contributed by atoms with Crippen molar-refractivity contribution in [2.24, 2.45) is 7.05 Å². The molecule has 2 rings (SSSR count). The maximum Gasteiger partial charge on any atom is 0.181 e. The van der Waals surface area contributed by atoms with Crippen molar-refractivity contribution >= 4 is 5.78 Å². The molecular weight excluding hydrogens is 240 g/mol. The van der Waals surface area contributed by atoms with Gasteiger partial charge in [-0.2, -0.15) is 5.10 Å². The summed E-state index contributed by atoms with van der Waals surface area (Å²) in [5, 5.41) is 4.19. The Kier molecular flexibility index (Phi) is 4.00. The lowest BCUT2D eigenvalue weighted by Gasteiger charge is -2.03. The second kappa shape index (κ2) is 5.69. The van der Waals surface area contributed by atoms with E-state index in [9.17, 15) is 4.79 Å². The van der Waals surface area contributed by atoms with Gasteiger partial charge in [-0.15, -0.1) is 0 Å². The molecule has 0 saturated heterocycles. The third-order valence-electron chi connectivity index (χ3n) is 3.09. The molecule has 0 bridgehead atoms. The molecule has 0 N–H and O–H groups in total. The first-order valence-electron chi connectivity index (χ1n) is 6.27. The van der Waals surface area contributed by atoms with E-state index >= 15 is 0 Å². The van der Waals surface area contributed by atoms with Crippen LogP contribution in [-0.4, -0.2) is 22.7 Å². The van der Waals surface area contributed by atoms with Crippen molar-refractivity contribution in [2.45, 2.75) is 19.8 Å². The topological polar surface area (TPSA) is 44.1 Å². The molecule has 0 radical (unpaired) electrons. The Hall–Kier alpha value is -2.10. The highest BCUT2D eigenvalue weighted by Crippen LogP contribution is 2.14. The normalized spacial score (nSPS) is 10.5. The number of methoxy groups -OCH3 is 1. The van der Waals surface area contributed by atoms with Crippen LogP contribution >= 0.6 is 0 Å². The summed E-state index contributed by atoms with van der Waals surface area (Å²) >= 11 is 0. The zero-order chi connectivity index (χ0) is 13.8. The van der Waals surface area contributed by atoms with Crippen LogP contribution in [0.4, 0.5) is 0 Å². The molecule has 1 aromatic heterocycles. The second-order valence-electron chi connectivity index (χ2n) is 4.57. The van der Waals surface area contributed by atoms with Crippen molar-refractivity contribution in [1.29, 1.82) is 0 Å². The molecule has 0 aliphatic rings. The van der Waals surface area contributed by atoms with Crippen LogP contribution in [-0.2, 0) is 13.5 Å². The summed E-state index contributed by atoms with van der Waals surface area (Å²) in [6, 6.07) is 9.62. The Morgan fingerprint density at radius 1 is 1.32 bits per heavy atom. The van der Waals surface area contributed by atoms with Gasteiger partial charge in [0.1, 0.15) is 11.4 Å². The smallest absolute Gasteiger partial charge is 0.181 e. The molecule has 0 fully saturated rings. The number of carbonyl (C=O) groups is 1. The molecule has 0 aliphatic heterocycles. The number of nitrogens with zero attached hydrogens (tertiary/aromatic N) is 2. The van der Waals surface area contributed by atoms with E-state index in [0.29, 0.717) is 12.1 Å². The summed E-state index contributed by atoms with van der Waals surface area (Å²) in [4.78, 5) is 12.1. The predicted octanol–water partition coefficient (Wildman–Crippen LogP) is 2.55. The largest absolute Gasteiger partial charge is 0.497 e. The van der Waals surface area contributed by atoms with Crippen molar-refractivity contribution in [3.05, 3.63) is 47.3 Å². The fraction of sp³-hybridized carbons (Fsp3) is 0.333. The zero-order valence-electron chi connectivity index (χ0n) is 11.5. The lowest BCUT2D eigenvalue weighted by Crippen LogP contribution is -2.07. The third kappa shape index (κ3) is 3.22. The fourth-order valence-corrected chi connectivity index (χ4v) is 2.05. The quantitative estimate of drug-likeness (QED) is 0.774. The molecule has 19 heavy (non-hydrogen) atoms. The Morgan fingerprint density at radius 3 is 2.53 bits per heavy atom. The third-order valence-corrected chi connectivity index (χ3v) is 3.09. The fourth-order valence-electron chi connectivity index (χ4n) is 2.05. The SMILES string of the molecule is COc1ccc(CCC(=O)c2cc(C)nn2C)cc1. The van der Waals surface area contributed by atoms with Gasteiger partial charge in [0.2, 0.25) is 0 Å². The summed E-state index contributed by atoms with van der Waals surface area (Å²) < 4.78 is 6.75. The average molecular weight is 258 g/mol. The van der Waals surface area contributed by atoms with E-state index in [2.05, 4.69) is 5.10 Å². The molecule has 2 aromatic rings. The number of hydrogen-bond donors (Lipinski definition) is 0. The average Bonchev–Trinajstić information content (AvgIpc) is 2.75. The van der Waals surface area contributed by atoms with Gasteiger partial charge >= 0.3 is 0 Å². The highest BCUT2D eigenvalue weighted by molar-refractivity contribution is 5.94. The second-order valence-corrected chi connectivity index (χ2v) is 4.57. The molecule has 0 atom stereocenters. The van der Waals surface area contributed by atoms with Crippen LogP contribution in [0.15, 0.2) is 30.3 Å². The predicted molar refractivity (Wildman–Crippen MR) is 73.6 cm³/mol. The van der Waals surface area contributed by atoms with E-state index in [1.807, 2.05) is 37.3 Å². The Labute approximate surface area is 113 Å². The van der Waals surface area contributed by atoms with Gasteiger partial charge in [0.25, 0.3) is 0 Å². The van der Waals surface area contributed by atoms with E-state index in [1.165, 1.54) is 0 Å². The summed E-state index contributed by atoms with van der Waals surface area (Å²) in [7, 11) is 3.44. The molecule has 1 heterocycles. The van der Waals surface area contributed by atoms with Crippen LogP contribution in [0.25, 0.3) is 0 Å². The number of benzene rings is 1. The number of aromatic nitrogens is 2. The van der Waals surface area contributed by atoms with Gasteiger partial charge < -0.3 is 4.74 Å². The molecule has 4 heteroatoms. The van der Waals surface area contributed by atoms with Crippen LogP contribution in [0.2, 0.25) is 0 Å². The first-order valence-corrected chi connectivity index (χ1v) is 6.27. The van der Waals surface area contributed by atoms with Crippen LogP contribution in [0.1, 0.15) is 28.2 Å². The van der Waals surface area contributed by atoms with Gasteiger partial charge in [-0.25, -0.2) is 0 Å². The summed E-state index contributed by atoms with van der Waals surface area (Å²) in [6.45, 7) is 1.89. The van der Waals surface area contributed by atoms with Crippen LogP contribution in [0.5, 0.6) is 5.75 Å². The molecule has 0 aliphatic carbocycles. The molecular formula is C15H18N2O2. The van der Waals surface area contributed by atoms with E-state index in [1.54, 1.807) is 18.8 Å². The minimum Gasteiger partial charge on any atom is -0.497 e. The van der Waals surface area contributed by atoms with Gasteiger partial charge in [0.05, 0.1) is 12.8 Å². The first-order chi connectivity index (χ1) is 9.10. The van der Waals surface area contributed by atoms with Crippen LogP contribution in [0.3, 0.4) is 0 Å². The van der Waals surface area contributed by atoms with E-state index in [-0.39, 0.29) is 5.78 Å². The highest BCUT2D eigenvalue weighted by atomic mass is 16.5. The number of ketones is 1. The Balaban J connectivity index is 1.98. The monoisotopic (exact) mass is 258 g/mol. The highest BCUT2D eigenvalue weighted by Gasteiger charge is 2.11. The number of aryl methyl sites for hydroxylation is 3. The van der Waals surface area contributed by atoms with Crippen molar-refractivity contribution in [3.8, 4) is 5.75 Å².